The SMILES string of the molecule is COc1cc(C[C@H]2CCN(C(C)c3cccc(OC)n3)C2)cc(C)n1. The number of nitrogens with zero attached hydrogens (tertiary/aromatic N) is 3. The maximum absolute atomic E-state index is 5.30. The molecule has 1 unspecified atom stereocenters. The van der Waals surface area contributed by atoms with Crippen LogP contribution in [0.15, 0.2) is 30.3 Å². The van der Waals surface area contributed by atoms with Crippen molar-refractivity contribution in [1.29, 1.82) is 0 Å². The number of methoxy groups -OCH3 is 2. The molecule has 2 aromatic heterocycles. The van der Waals surface area contributed by atoms with Gasteiger partial charge in [-0.2, -0.15) is 0 Å². The number of ether oxygens (including phenoxy) is 2. The average molecular weight is 341 g/mol. The summed E-state index contributed by atoms with van der Waals surface area (Å²) in [6, 6.07) is 10.5. The molecule has 5 heteroatoms. The van der Waals surface area contributed by atoms with E-state index in [2.05, 4.69) is 40.0 Å². The predicted octanol–water partition coefficient (Wildman–Crippen LogP) is 3.43. The molecule has 3 rings (SSSR count). The van der Waals surface area contributed by atoms with Gasteiger partial charge < -0.3 is 9.47 Å². The van der Waals surface area contributed by atoms with E-state index in [-0.39, 0.29) is 0 Å². The molecule has 1 aliphatic heterocycles. The lowest BCUT2D eigenvalue weighted by Gasteiger charge is -2.24. The maximum atomic E-state index is 5.30. The highest BCUT2D eigenvalue weighted by atomic mass is 16.5. The lowest BCUT2D eigenvalue weighted by atomic mass is 9.99. The number of aryl methyl sites for hydroxylation is 1. The molecular weight excluding hydrogens is 314 g/mol. The van der Waals surface area contributed by atoms with Crippen molar-refractivity contribution in [3.8, 4) is 11.8 Å². The molecule has 5 nitrogen and oxygen atoms in total. The Bertz CT molecular complexity index is 720. The van der Waals surface area contributed by atoms with Crippen LogP contribution in [-0.4, -0.2) is 42.2 Å². The van der Waals surface area contributed by atoms with Crippen molar-refractivity contribution in [2.45, 2.75) is 32.7 Å². The molecule has 1 aliphatic rings. The Morgan fingerprint density at radius 3 is 2.72 bits per heavy atom. The third-order valence-electron chi connectivity index (χ3n) is 4.97. The van der Waals surface area contributed by atoms with Gasteiger partial charge in [-0.1, -0.05) is 6.07 Å². The molecule has 0 amide bonds. The van der Waals surface area contributed by atoms with Crippen LogP contribution in [0.25, 0.3) is 0 Å². The van der Waals surface area contributed by atoms with Crippen LogP contribution in [0.5, 0.6) is 11.8 Å². The van der Waals surface area contributed by atoms with Crippen LogP contribution < -0.4 is 9.47 Å². The van der Waals surface area contributed by atoms with E-state index in [0.717, 1.165) is 30.9 Å². The fourth-order valence-electron chi connectivity index (χ4n) is 3.61. The van der Waals surface area contributed by atoms with E-state index in [0.29, 0.717) is 23.7 Å². The molecule has 2 atom stereocenters. The zero-order chi connectivity index (χ0) is 17.8. The first-order valence-electron chi connectivity index (χ1n) is 8.85. The fourth-order valence-corrected chi connectivity index (χ4v) is 3.61. The topological polar surface area (TPSA) is 47.5 Å². The summed E-state index contributed by atoms with van der Waals surface area (Å²) in [5, 5.41) is 0. The summed E-state index contributed by atoms with van der Waals surface area (Å²) in [4.78, 5) is 11.5. The first kappa shape index (κ1) is 17.7. The maximum Gasteiger partial charge on any atom is 0.213 e. The van der Waals surface area contributed by atoms with E-state index in [4.69, 9.17) is 9.47 Å². The largest absolute Gasteiger partial charge is 0.481 e. The molecular formula is C20H27N3O2. The molecule has 0 N–H and O–H groups in total. The van der Waals surface area contributed by atoms with Crippen LogP contribution in [0.3, 0.4) is 0 Å². The Morgan fingerprint density at radius 1 is 1.16 bits per heavy atom. The van der Waals surface area contributed by atoms with Crippen molar-refractivity contribution in [3.05, 3.63) is 47.3 Å². The van der Waals surface area contributed by atoms with Crippen LogP contribution in [0.4, 0.5) is 0 Å². The van der Waals surface area contributed by atoms with Crippen molar-refractivity contribution >= 4 is 0 Å². The Kier molecular flexibility index (Phi) is 5.53. The lowest BCUT2D eigenvalue weighted by molar-refractivity contribution is 0.246. The summed E-state index contributed by atoms with van der Waals surface area (Å²) in [6.45, 7) is 6.43. The van der Waals surface area contributed by atoms with Gasteiger partial charge in [0.1, 0.15) is 0 Å². The highest BCUT2D eigenvalue weighted by molar-refractivity contribution is 5.25. The molecule has 0 aliphatic carbocycles. The molecule has 0 saturated carbocycles. The number of hydrogen-bond donors (Lipinski definition) is 0. The highest BCUT2D eigenvalue weighted by Gasteiger charge is 2.27. The molecule has 0 aromatic carbocycles. The minimum atomic E-state index is 0.300. The number of rotatable bonds is 6. The monoisotopic (exact) mass is 341 g/mol. The summed E-state index contributed by atoms with van der Waals surface area (Å²) in [5.41, 5.74) is 3.39. The van der Waals surface area contributed by atoms with E-state index in [1.165, 1.54) is 12.0 Å². The van der Waals surface area contributed by atoms with E-state index in [9.17, 15) is 0 Å². The molecule has 1 fully saturated rings. The number of aromatic nitrogens is 2. The zero-order valence-electron chi connectivity index (χ0n) is 15.5. The van der Waals surface area contributed by atoms with Gasteiger partial charge in [0.25, 0.3) is 0 Å². The van der Waals surface area contributed by atoms with Crippen molar-refractivity contribution in [2.75, 3.05) is 27.3 Å². The van der Waals surface area contributed by atoms with Crippen molar-refractivity contribution in [1.82, 2.24) is 14.9 Å². The van der Waals surface area contributed by atoms with Gasteiger partial charge in [0.05, 0.1) is 19.9 Å². The molecule has 2 aromatic rings. The van der Waals surface area contributed by atoms with E-state index in [1.807, 2.05) is 19.1 Å². The van der Waals surface area contributed by atoms with Crippen molar-refractivity contribution < 1.29 is 9.47 Å². The van der Waals surface area contributed by atoms with Crippen LogP contribution in [0.2, 0.25) is 0 Å². The Hall–Kier alpha value is -2.14. The van der Waals surface area contributed by atoms with Crippen LogP contribution in [0, 0.1) is 12.8 Å². The number of pyridine rings is 2. The first-order chi connectivity index (χ1) is 12.1. The Balaban J connectivity index is 1.64. The Morgan fingerprint density at radius 2 is 1.96 bits per heavy atom. The number of likely N-dealkylation sites (tertiary alicyclic amines) is 1. The number of hydrogen-bond acceptors (Lipinski definition) is 5. The third-order valence-corrected chi connectivity index (χ3v) is 4.97. The van der Waals surface area contributed by atoms with Crippen LogP contribution in [0.1, 0.15) is 36.3 Å². The molecule has 0 spiro atoms. The molecule has 3 heterocycles. The summed E-state index contributed by atoms with van der Waals surface area (Å²) in [7, 11) is 3.33. The quantitative estimate of drug-likeness (QED) is 0.805. The Labute approximate surface area is 150 Å². The van der Waals surface area contributed by atoms with Gasteiger partial charge in [-0.15, -0.1) is 0 Å². The molecule has 134 valence electrons. The summed E-state index contributed by atoms with van der Waals surface area (Å²) in [5.74, 6) is 2.04. The summed E-state index contributed by atoms with van der Waals surface area (Å²) >= 11 is 0. The lowest BCUT2D eigenvalue weighted by Crippen LogP contribution is -2.25. The van der Waals surface area contributed by atoms with E-state index < -0.39 is 0 Å². The third kappa shape index (κ3) is 4.28. The van der Waals surface area contributed by atoms with Gasteiger partial charge in [0.2, 0.25) is 11.8 Å². The second-order valence-electron chi connectivity index (χ2n) is 6.79. The first-order valence-corrected chi connectivity index (χ1v) is 8.85. The molecule has 0 bridgehead atoms. The van der Waals surface area contributed by atoms with Gasteiger partial charge in [-0.25, -0.2) is 9.97 Å². The molecule has 0 radical (unpaired) electrons. The minimum Gasteiger partial charge on any atom is -0.481 e. The van der Waals surface area contributed by atoms with Gasteiger partial charge >= 0.3 is 0 Å². The normalized spacial score (nSPS) is 19.0. The second kappa shape index (κ2) is 7.83. The van der Waals surface area contributed by atoms with Crippen molar-refractivity contribution in [2.24, 2.45) is 5.92 Å². The fraction of sp³-hybridized carbons (Fsp3) is 0.500. The molecule has 25 heavy (non-hydrogen) atoms. The average Bonchev–Trinajstić information content (AvgIpc) is 3.09. The zero-order valence-corrected chi connectivity index (χ0v) is 15.5. The van der Waals surface area contributed by atoms with Crippen LogP contribution in [-0.2, 0) is 6.42 Å². The second-order valence-corrected chi connectivity index (χ2v) is 6.79. The van der Waals surface area contributed by atoms with Gasteiger partial charge in [0, 0.05) is 30.4 Å². The van der Waals surface area contributed by atoms with Crippen LogP contribution >= 0.6 is 0 Å². The summed E-state index contributed by atoms with van der Waals surface area (Å²) in [6.07, 6.45) is 2.27. The predicted molar refractivity (Wildman–Crippen MR) is 98.1 cm³/mol. The van der Waals surface area contributed by atoms with Gasteiger partial charge in [-0.05, 0) is 56.8 Å². The standard InChI is InChI=1S/C20H27N3O2/c1-14-10-17(12-20(21-14)25-4)11-16-8-9-23(13-16)15(2)18-6-5-7-19(22-18)24-3/h5-7,10,12,15-16H,8-9,11,13H2,1-4H3/t15?,16-/m1/s1. The van der Waals surface area contributed by atoms with E-state index >= 15 is 0 Å². The van der Waals surface area contributed by atoms with Gasteiger partial charge in [-0.3, -0.25) is 4.90 Å². The summed E-state index contributed by atoms with van der Waals surface area (Å²) < 4.78 is 10.6. The smallest absolute Gasteiger partial charge is 0.213 e. The molecule has 1 saturated heterocycles. The van der Waals surface area contributed by atoms with E-state index in [1.54, 1.807) is 14.2 Å². The minimum absolute atomic E-state index is 0.300. The van der Waals surface area contributed by atoms with Gasteiger partial charge in [0.15, 0.2) is 0 Å². The highest BCUT2D eigenvalue weighted by Crippen LogP contribution is 2.29. The van der Waals surface area contributed by atoms with Crippen molar-refractivity contribution in [3.63, 3.8) is 0 Å².